The van der Waals surface area contributed by atoms with Crippen molar-refractivity contribution >= 4 is 16.9 Å². The van der Waals surface area contributed by atoms with Crippen LogP contribution in [0.4, 0.5) is 13.2 Å². The zero-order valence-electron chi connectivity index (χ0n) is 11.7. The van der Waals surface area contributed by atoms with Crippen LogP contribution in [-0.2, 0) is 17.4 Å². The smallest absolute Gasteiger partial charge is 0.416 e. The molecule has 1 N–H and O–H groups in total. The van der Waals surface area contributed by atoms with Gasteiger partial charge >= 0.3 is 12.1 Å². The molecule has 3 aromatic rings. The van der Waals surface area contributed by atoms with Gasteiger partial charge in [-0.3, -0.25) is 4.79 Å². The van der Waals surface area contributed by atoms with Crippen molar-refractivity contribution in [2.45, 2.75) is 12.6 Å². The molecule has 0 atom stereocenters. The Labute approximate surface area is 128 Å². The van der Waals surface area contributed by atoms with Crippen molar-refractivity contribution in [1.82, 2.24) is 9.78 Å². The number of carboxylic acids is 1. The maximum Gasteiger partial charge on any atom is 0.416 e. The number of hydrogen-bond acceptors (Lipinski definition) is 2. The molecule has 1 heterocycles. The number of carbonyl (C=O) groups is 1. The lowest BCUT2D eigenvalue weighted by atomic mass is 10.1. The zero-order valence-corrected chi connectivity index (χ0v) is 11.7. The molecule has 0 unspecified atom stereocenters. The van der Waals surface area contributed by atoms with Crippen LogP contribution < -0.4 is 0 Å². The van der Waals surface area contributed by atoms with Crippen molar-refractivity contribution in [3.05, 3.63) is 59.8 Å². The number of carboxylic acid groups (broad SMARTS) is 1. The Morgan fingerprint density at radius 3 is 2.35 bits per heavy atom. The highest BCUT2D eigenvalue weighted by Crippen LogP contribution is 2.30. The average Bonchev–Trinajstić information content (AvgIpc) is 2.85. The number of benzene rings is 2. The third-order valence-corrected chi connectivity index (χ3v) is 3.44. The summed E-state index contributed by atoms with van der Waals surface area (Å²) in [5.74, 6) is -1.04. The highest BCUT2D eigenvalue weighted by Gasteiger charge is 2.30. The van der Waals surface area contributed by atoms with Gasteiger partial charge in [-0.1, -0.05) is 18.2 Å². The molecule has 0 bridgehead atoms. The standard InChI is InChI=1S/C16H11F3N2O2/c17-16(18,19)10-5-7-11(8-6-10)21-14(9-15(22)23)12-3-1-2-4-13(12)20-21/h1-8H,9H2,(H,22,23). The summed E-state index contributed by atoms with van der Waals surface area (Å²) >= 11 is 0. The summed E-state index contributed by atoms with van der Waals surface area (Å²) in [6, 6.07) is 11.4. The summed E-state index contributed by atoms with van der Waals surface area (Å²) < 4.78 is 39.3. The molecule has 3 rings (SSSR count). The number of rotatable bonds is 3. The van der Waals surface area contributed by atoms with Gasteiger partial charge in [0.05, 0.1) is 28.9 Å². The molecule has 0 radical (unpaired) electrons. The molecule has 0 aliphatic rings. The molecular weight excluding hydrogens is 309 g/mol. The number of hydrogen-bond donors (Lipinski definition) is 1. The summed E-state index contributed by atoms with van der Waals surface area (Å²) in [5, 5.41) is 14.0. The van der Waals surface area contributed by atoms with Crippen LogP contribution in [0.3, 0.4) is 0 Å². The lowest BCUT2D eigenvalue weighted by molar-refractivity contribution is -0.138. The molecular formula is C16H11F3N2O2. The number of alkyl halides is 3. The van der Waals surface area contributed by atoms with Gasteiger partial charge in [0.2, 0.25) is 0 Å². The summed E-state index contributed by atoms with van der Waals surface area (Å²) in [5.41, 5.74) is 0.625. The van der Waals surface area contributed by atoms with Crippen LogP contribution in [0.15, 0.2) is 48.5 Å². The van der Waals surface area contributed by atoms with Crippen LogP contribution >= 0.6 is 0 Å². The number of aromatic nitrogens is 2. The normalized spacial score (nSPS) is 11.8. The van der Waals surface area contributed by atoms with E-state index >= 15 is 0 Å². The number of nitrogens with zero attached hydrogens (tertiary/aromatic N) is 2. The molecule has 0 aliphatic carbocycles. The van der Waals surface area contributed by atoms with Gasteiger partial charge in [0.25, 0.3) is 0 Å². The summed E-state index contributed by atoms with van der Waals surface area (Å²) in [6.07, 6.45) is -4.70. The van der Waals surface area contributed by atoms with Crippen LogP contribution in [0.25, 0.3) is 16.6 Å². The molecule has 2 aromatic carbocycles. The van der Waals surface area contributed by atoms with Crippen molar-refractivity contribution in [1.29, 1.82) is 0 Å². The fourth-order valence-electron chi connectivity index (χ4n) is 2.41. The first-order valence-electron chi connectivity index (χ1n) is 6.72. The van der Waals surface area contributed by atoms with Crippen LogP contribution in [0.1, 0.15) is 11.3 Å². The molecule has 0 fully saturated rings. The minimum Gasteiger partial charge on any atom is -0.481 e. The monoisotopic (exact) mass is 320 g/mol. The third kappa shape index (κ3) is 2.90. The Kier molecular flexibility index (Phi) is 3.55. The molecule has 0 amide bonds. The Bertz CT molecular complexity index is 867. The third-order valence-electron chi connectivity index (χ3n) is 3.44. The van der Waals surface area contributed by atoms with E-state index in [1.54, 1.807) is 24.3 Å². The van der Waals surface area contributed by atoms with E-state index in [9.17, 15) is 18.0 Å². The van der Waals surface area contributed by atoms with Crippen LogP contribution in [-0.4, -0.2) is 20.9 Å². The SMILES string of the molecule is O=C(O)Cc1c2ccccc2nn1-c1ccc(C(F)(F)F)cc1. The van der Waals surface area contributed by atoms with Gasteiger partial charge in [-0.15, -0.1) is 0 Å². The lowest BCUT2D eigenvalue weighted by Gasteiger charge is -2.09. The molecule has 4 nitrogen and oxygen atoms in total. The van der Waals surface area contributed by atoms with E-state index in [4.69, 9.17) is 5.11 Å². The van der Waals surface area contributed by atoms with Crippen LogP contribution in [0.2, 0.25) is 0 Å². The Morgan fingerprint density at radius 2 is 1.74 bits per heavy atom. The maximum atomic E-state index is 12.6. The summed E-state index contributed by atoms with van der Waals surface area (Å²) in [4.78, 5) is 11.1. The Balaban J connectivity index is 2.13. The van der Waals surface area contributed by atoms with E-state index < -0.39 is 17.7 Å². The minimum absolute atomic E-state index is 0.276. The van der Waals surface area contributed by atoms with Crippen molar-refractivity contribution in [2.24, 2.45) is 0 Å². The fraction of sp³-hybridized carbons (Fsp3) is 0.125. The second-order valence-corrected chi connectivity index (χ2v) is 4.99. The van der Waals surface area contributed by atoms with Crippen molar-refractivity contribution < 1.29 is 23.1 Å². The number of halogens is 3. The summed E-state index contributed by atoms with van der Waals surface area (Å²) in [6.45, 7) is 0. The quantitative estimate of drug-likeness (QED) is 0.801. The van der Waals surface area contributed by atoms with Gasteiger partial charge in [-0.2, -0.15) is 18.3 Å². The highest BCUT2D eigenvalue weighted by molar-refractivity contribution is 5.86. The van der Waals surface area contributed by atoms with Crippen LogP contribution in [0.5, 0.6) is 0 Å². The van der Waals surface area contributed by atoms with E-state index in [1.807, 2.05) is 0 Å². The van der Waals surface area contributed by atoms with E-state index in [0.29, 0.717) is 22.3 Å². The molecule has 118 valence electrons. The highest BCUT2D eigenvalue weighted by atomic mass is 19.4. The van der Waals surface area contributed by atoms with Crippen molar-refractivity contribution in [2.75, 3.05) is 0 Å². The second-order valence-electron chi connectivity index (χ2n) is 4.99. The number of aliphatic carboxylic acids is 1. The van der Waals surface area contributed by atoms with Crippen LogP contribution in [0, 0.1) is 0 Å². The molecule has 0 saturated carbocycles. The predicted molar refractivity (Wildman–Crippen MR) is 77.4 cm³/mol. The summed E-state index contributed by atoms with van der Waals surface area (Å²) in [7, 11) is 0. The van der Waals surface area contributed by atoms with Gasteiger partial charge in [0.15, 0.2) is 0 Å². The van der Waals surface area contributed by atoms with Gasteiger partial charge in [0, 0.05) is 5.39 Å². The minimum atomic E-state index is -4.42. The Hall–Kier alpha value is -2.83. The molecule has 1 aromatic heterocycles. The van der Waals surface area contributed by atoms with E-state index in [0.717, 1.165) is 12.1 Å². The zero-order chi connectivity index (χ0) is 16.6. The second kappa shape index (κ2) is 5.42. The van der Waals surface area contributed by atoms with E-state index in [-0.39, 0.29) is 6.42 Å². The van der Waals surface area contributed by atoms with Crippen molar-refractivity contribution in [3.8, 4) is 5.69 Å². The van der Waals surface area contributed by atoms with Crippen molar-refractivity contribution in [3.63, 3.8) is 0 Å². The molecule has 7 heteroatoms. The first-order valence-corrected chi connectivity index (χ1v) is 6.72. The van der Waals surface area contributed by atoms with Gasteiger partial charge < -0.3 is 5.11 Å². The number of fused-ring (bicyclic) bond motifs is 1. The first-order chi connectivity index (χ1) is 10.9. The fourth-order valence-corrected chi connectivity index (χ4v) is 2.41. The largest absolute Gasteiger partial charge is 0.481 e. The van der Waals surface area contributed by atoms with Gasteiger partial charge in [0.1, 0.15) is 0 Å². The predicted octanol–water partition coefficient (Wildman–Crippen LogP) is 3.67. The maximum absolute atomic E-state index is 12.6. The molecule has 23 heavy (non-hydrogen) atoms. The van der Waals surface area contributed by atoms with Gasteiger partial charge in [-0.05, 0) is 30.3 Å². The van der Waals surface area contributed by atoms with E-state index in [2.05, 4.69) is 5.10 Å². The lowest BCUT2D eigenvalue weighted by Crippen LogP contribution is -2.09. The first kappa shape index (κ1) is 15.1. The van der Waals surface area contributed by atoms with E-state index in [1.165, 1.54) is 16.8 Å². The average molecular weight is 320 g/mol. The molecule has 0 saturated heterocycles. The Morgan fingerprint density at radius 1 is 1.09 bits per heavy atom. The van der Waals surface area contributed by atoms with Gasteiger partial charge in [-0.25, -0.2) is 4.68 Å². The topological polar surface area (TPSA) is 55.1 Å². The molecule has 0 spiro atoms. The molecule has 0 aliphatic heterocycles.